The molecule has 1 N–H and O–H groups in total. The molecule has 0 aromatic heterocycles. The molecular formula is C14H18ClNO4. The van der Waals surface area contributed by atoms with Crippen molar-refractivity contribution in [1.29, 1.82) is 0 Å². The Morgan fingerprint density at radius 3 is 2.55 bits per heavy atom. The number of benzene rings is 1. The maximum atomic E-state index is 11.7. The van der Waals surface area contributed by atoms with Crippen LogP contribution in [0, 0.1) is 0 Å². The summed E-state index contributed by atoms with van der Waals surface area (Å²) in [7, 11) is 1.47. The minimum atomic E-state index is -0.823. The molecule has 1 unspecified atom stereocenters. The lowest BCUT2D eigenvalue weighted by atomic mass is 10.1. The third-order valence-electron chi connectivity index (χ3n) is 2.34. The van der Waals surface area contributed by atoms with Gasteiger partial charge in [0.1, 0.15) is 23.7 Å². The number of amides is 1. The summed E-state index contributed by atoms with van der Waals surface area (Å²) in [5.74, 6) is 0.432. The van der Waals surface area contributed by atoms with Gasteiger partial charge in [0.25, 0.3) is 0 Å². The van der Waals surface area contributed by atoms with E-state index in [1.807, 2.05) is 0 Å². The highest BCUT2D eigenvalue weighted by Crippen LogP contribution is 2.27. The smallest absolute Gasteiger partial charge is 0.408 e. The zero-order chi connectivity index (χ0) is 15.3. The molecule has 0 aliphatic heterocycles. The summed E-state index contributed by atoms with van der Waals surface area (Å²) in [4.78, 5) is 22.8. The van der Waals surface area contributed by atoms with E-state index < -0.39 is 17.7 Å². The summed E-state index contributed by atoms with van der Waals surface area (Å²) in [5.41, 5.74) is -0.0676. The van der Waals surface area contributed by atoms with Crippen molar-refractivity contribution < 1.29 is 19.1 Å². The van der Waals surface area contributed by atoms with Gasteiger partial charge in [0.15, 0.2) is 0 Å². The quantitative estimate of drug-likeness (QED) is 0.868. The molecular weight excluding hydrogens is 282 g/mol. The molecule has 0 spiro atoms. The second-order valence-electron chi connectivity index (χ2n) is 5.15. The summed E-state index contributed by atoms with van der Waals surface area (Å²) in [6.07, 6.45) is -0.0458. The number of alkyl carbamates (subject to hydrolysis) is 1. The largest absolute Gasteiger partial charge is 0.495 e. The fraction of sp³-hybridized carbons (Fsp3) is 0.429. The molecule has 1 aromatic carbocycles. The molecule has 0 saturated carbocycles. The highest BCUT2D eigenvalue weighted by molar-refractivity contribution is 6.32. The number of ether oxygens (including phenoxy) is 2. The first-order valence-corrected chi connectivity index (χ1v) is 6.43. The number of methoxy groups -OCH3 is 1. The summed E-state index contributed by atoms with van der Waals surface area (Å²) < 4.78 is 10.2. The van der Waals surface area contributed by atoms with Crippen molar-refractivity contribution in [1.82, 2.24) is 5.32 Å². The second-order valence-corrected chi connectivity index (χ2v) is 5.56. The number of carbonyl (C=O) groups excluding carboxylic acids is 2. The van der Waals surface area contributed by atoms with Gasteiger partial charge < -0.3 is 19.6 Å². The van der Waals surface area contributed by atoms with Crippen LogP contribution in [0.3, 0.4) is 0 Å². The van der Waals surface area contributed by atoms with E-state index in [-0.39, 0.29) is 0 Å². The van der Waals surface area contributed by atoms with Crippen molar-refractivity contribution in [2.24, 2.45) is 0 Å². The molecule has 5 nitrogen and oxygen atoms in total. The van der Waals surface area contributed by atoms with Gasteiger partial charge in [0.05, 0.1) is 12.1 Å². The number of hydrogen-bond acceptors (Lipinski definition) is 4. The first-order chi connectivity index (χ1) is 9.26. The van der Waals surface area contributed by atoms with Crippen LogP contribution in [0.25, 0.3) is 0 Å². The maximum Gasteiger partial charge on any atom is 0.408 e. The van der Waals surface area contributed by atoms with E-state index in [0.717, 1.165) is 0 Å². The van der Waals surface area contributed by atoms with Crippen LogP contribution in [0.4, 0.5) is 4.79 Å². The van der Waals surface area contributed by atoms with E-state index in [2.05, 4.69) is 5.32 Å². The average molecular weight is 300 g/mol. The SMILES string of the molecule is COc1cc(C(C=O)NC(=O)OC(C)(C)C)ccc1Cl. The van der Waals surface area contributed by atoms with Gasteiger partial charge in [0.2, 0.25) is 0 Å². The molecule has 1 amide bonds. The Bertz CT molecular complexity index is 496. The first kappa shape index (κ1) is 16.3. The number of carbonyl (C=O) groups is 2. The van der Waals surface area contributed by atoms with Crippen LogP contribution in [0.1, 0.15) is 32.4 Å². The molecule has 0 bridgehead atoms. The lowest BCUT2D eigenvalue weighted by molar-refractivity contribution is -0.109. The molecule has 1 aromatic rings. The maximum absolute atomic E-state index is 11.7. The Hall–Kier alpha value is -1.75. The van der Waals surface area contributed by atoms with E-state index in [1.165, 1.54) is 7.11 Å². The Kier molecular flexibility index (Phi) is 5.39. The molecule has 6 heteroatoms. The van der Waals surface area contributed by atoms with Crippen LogP contribution in [-0.4, -0.2) is 25.1 Å². The van der Waals surface area contributed by atoms with Crippen molar-refractivity contribution in [3.05, 3.63) is 28.8 Å². The molecule has 1 atom stereocenters. The predicted octanol–water partition coefficient (Wildman–Crippen LogP) is 3.11. The van der Waals surface area contributed by atoms with Crippen LogP contribution in [-0.2, 0) is 9.53 Å². The summed E-state index contributed by atoms with van der Waals surface area (Å²) >= 11 is 5.91. The Labute approximate surface area is 123 Å². The summed E-state index contributed by atoms with van der Waals surface area (Å²) in [5, 5.41) is 2.91. The molecule has 1 rings (SSSR count). The fourth-order valence-corrected chi connectivity index (χ4v) is 1.69. The lowest BCUT2D eigenvalue weighted by Gasteiger charge is -2.21. The number of aldehydes is 1. The Morgan fingerprint density at radius 1 is 1.40 bits per heavy atom. The van der Waals surface area contributed by atoms with Crippen LogP contribution >= 0.6 is 11.6 Å². The minimum Gasteiger partial charge on any atom is -0.495 e. The zero-order valence-corrected chi connectivity index (χ0v) is 12.7. The van der Waals surface area contributed by atoms with Gasteiger partial charge in [-0.1, -0.05) is 17.7 Å². The van der Waals surface area contributed by atoms with E-state index in [9.17, 15) is 9.59 Å². The van der Waals surface area contributed by atoms with Crippen molar-refractivity contribution in [3.63, 3.8) is 0 Å². The Morgan fingerprint density at radius 2 is 2.05 bits per heavy atom. The minimum absolute atomic E-state index is 0.429. The van der Waals surface area contributed by atoms with Gasteiger partial charge in [0, 0.05) is 0 Å². The van der Waals surface area contributed by atoms with Crippen molar-refractivity contribution in [2.75, 3.05) is 7.11 Å². The van der Waals surface area contributed by atoms with E-state index in [1.54, 1.807) is 39.0 Å². The zero-order valence-electron chi connectivity index (χ0n) is 11.9. The Balaban J connectivity index is 2.86. The topological polar surface area (TPSA) is 64.6 Å². The molecule has 0 heterocycles. The van der Waals surface area contributed by atoms with Crippen molar-refractivity contribution in [2.45, 2.75) is 32.4 Å². The van der Waals surface area contributed by atoms with Crippen LogP contribution in [0.5, 0.6) is 5.75 Å². The van der Waals surface area contributed by atoms with Gasteiger partial charge in [-0.15, -0.1) is 0 Å². The fourth-order valence-electron chi connectivity index (χ4n) is 1.50. The molecule has 110 valence electrons. The van der Waals surface area contributed by atoms with Gasteiger partial charge in [-0.25, -0.2) is 4.79 Å². The molecule has 0 aliphatic rings. The molecule has 0 radical (unpaired) electrons. The lowest BCUT2D eigenvalue weighted by Crippen LogP contribution is -2.35. The normalized spacial score (nSPS) is 12.4. The van der Waals surface area contributed by atoms with Crippen molar-refractivity contribution >= 4 is 24.0 Å². The summed E-state index contributed by atoms with van der Waals surface area (Å²) in [6, 6.07) is 4.01. The monoisotopic (exact) mass is 299 g/mol. The first-order valence-electron chi connectivity index (χ1n) is 6.05. The second kappa shape index (κ2) is 6.61. The molecule has 20 heavy (non-hydrogen) atoms. The highest BCUT2D eigenvalue weighted by Gasteiger charge is 2.20. The van der Waals surface area contributed by atoms with Crippen LogP contribution in [0.2, 0.25) is 5.02 Å². The number of hydrogen-bond donors (Lipinski definition) is 1. The van der Waals surface area contributed by atoms with Gasteiger partial charge in [-0.05, 0) is 38.5 Å². The standard InChI is InChI=1S/C14H18ClNO4/c1-14(2,3)20-13(18)16-11(8-17)9-5-6-10(15)12(7-9)19-4/h5-8,11H,1-4H3,(H,16,18). The van der Waals surface area contributed by atoms with Gasteiger partial charge >= 0.3 is 6.09 Å². The highest BCUT2D eigenvalue weighted by atomic mass is 35.5. The van der Waals surface area contributed by atoms with Crippen LogP contribution < -0.4 is 10.1 Å². The third-order valence-corrected chi connectivity index (χ3v) is 2.65. The van der Waals surface area contributed by atoms with E-state index in [0.29, 0.717) is 22.6 Å². The molecule has 0 saturated heterocycles. The number of nitrogens with one attached hydrogen (secondary N) is 1. The van der Waals surface area contributed by atoms with Gasteiger partial charge in [-0.3, -0.25) is 0 Å². The number of rotatable bonds is 4. The summed E-state index contributed by atoms with van der Waals surface area (Å²) in [6.45, 7) is 5.23. The molecule has 0 aliphatic carbocycles. The van der Waals surface area contributed by atoms with Gasteiger partial charge in [-0.2, -0.15) is 0 Å². The van der Waals surface area contributed by atoms with Crippen LogP contribution in [0.15, 0.2) is 18.2 Å². The van der Waals surface area contributed by atoms with Crippen molar-refractivity contribution in [3.8, 4) is 5.75 Å². The van der Waals surface area contributed by atoms with E-state index in [4.69, 9.17) is 21.1 Å². The van der Waals surface area contributed by atoms with E-state index >= 15 is 0 Å². The molecule has 0 fully saturated rings. The average Bonchev–Trinajstić information content (AvgIpc) is 2.34. The predicted molar refractivity (Wildman–Crippen MR) is 76.2 cm³/mol. The number of halogens is 1. The third kappa shape index (κ3) is 4.74.